The maximum absolute atomic E-state index is 13.4. The molecule has 32 heavy (non-hydrogen) atoms. The Kier molecular flexibility index (Phi) is 4.08. The third-order valence-electron chi connectivity index (χ3n) is 5.47. The number of hydrogen-bond donors (Lipinski definition) is 2. The van der Waals surface area contributed by atoms with Crippen LogP contribution in [0.15, 0.2) is 47.9 Å². The molecule has 0 fully saturated rings. The van der Waals surface area contributed by atoms with E-state index in [0.717, 1.165) is 6.26 Å². The van der Waals surface area contributed by atoms with Crippen molar-refractivity contribution in [3.05, 3.63) is 59.8 Å². The zero-order valence-corrected chi connectivity index (χ0v) is 17.7. The second kappa shape index (κ2) is 6.53. The Morgan fingerprint density at radius 1 is 1.16 bits per heavy atom. The first-order valence-electron chi connectivity index (χ1n) is 9.38. The number of halogens is 1. The number of aromatic nitrogens is 5. The average Bonchev–Trinajstić information content (AvgIpc) is 3.30. The van der Waals surface area contributed by atoms with Crippen LogP contribution >= 0.6 is 0 Å². The molecule has 0 spiro atoms. The van der Waals surface area contributed by atoms with E-state index in [9.17, 15) is 17.6 Å². The molecule has 5 rings (SSSR count). The number of carbonyl (C=O) groups is 1. The lowest BCUT2D eigenvalue weighted by atomic mass is 9.78. The quantitative estimate of drug-likeness (QED) is 0.475. The maximum atomic E-state index is 13.4. The van der Waals surface area contributed by atoms with Gasteiger partial charge in [-0.15, -0.1) is 0 Å². The largest absolute Gasteiger partial charge is 0.383 e. The molecule has 12 heteroatoms. The number of nitrogens with two attached hydrogens (primary N) is 1. The maximum Gasteiger partial charge on any atom is 0.240 e. The van der Waals surface area contributed by atoms with Crippen LogP contribution in [0.25, 0.3) is 17.2 Å². The van der Waals surface area contributed by atoms with Crippen LogP contribution in [0.1, 0.15) is 18.1 Å². The first kappa shape index (κ1) is 20.0. The molecule has 1 aromatic carbocycles. The van der Waals surface area contributed by atoms with Crippen molar-refractivity contribution in [2.75, 3.05) is 17.3 Å². The van der Waals surface area contributed by atoms with E-state index < -0.39 is 27.0 Å². The number of anilines is 2. The van der Waals surface area contributed by atoms with Crippen molar-refractivity contribution in [3.8, 4) is 11.5 Å². The van der Waals surface area contributed by atoms with E-state index in [4.69, 9.17) is 5.73 Å². The Morgan fingerprint density at radius 3 is 2.56 bits per heavy atom. The van der Waals surface area contributed by atoms with Gasteiger partial charge in [-0.1, -0.05) is 12.1 Å². The summed E-state index contributed by atoms with van der Waals surface area (Å²) in [6, 6.07) is 5.52. The third-order valence-corrected chi connectivity index (χ3v) is 6.44. The number of nitrogen functional groups attached to an aromatic ring is 1. The summed E-state index contributed by atoms with van der Waals surface area (Å²) >= 11 is 0. The van der Waals surface area contributed by atoms with E-state index in [1.807, 2.05) is 0 Å². The Bertz CT molecular complexity index is 1530. The number of rotatable bonds is 3. The molecule has 1 aliphatic rings. The topological polar surface area (TPSA) is 145 Å². The first-order chi connectivity index (χ1) is 15.1. The highest BCUT2D eigenvalue weighted by atomic mass is 32.2. The van der Waals surface area contributed by atoms with Crippen LogP contribution in [-0.4, -0.2) is 44.9 Å². The van der Waals surface area contributed by atoms with Gasteiger partial charge in [-0.3, -0.25) is 4.79 Å². The van der Waals surface area contributed by atoms with Crippen molar-refractivity contribution in [2.45, 2.75) is 17.4 Å². The smallest absolute Gasteiger partial charge is 0.240 e. The predicted octanol–water partition coefficient (Wildman–Crippen LogP) is 1.57. The van der Waals surface area contributed by atoms with Gasteiger partial charge in [0.05, 0.1) is 5.56 Å². The van der Waals surface area contributed by atoms with Crippen molar-refractivity contribution < 1.29 is 17.6 Å². The number of hydrogen-bond acceptors (Lipinski definition) is 8. The molecule has 4 aromatic rings. The van der Waals surface area contributed by atoms with Crippen molar-refractivity contribution in [3.63, 3.8) is 0 Å². The number of amides is 1. The van der Waals surface area contributed by atoms with Gasteiger partial charge in [0.15, 0.2) is 26.3 Å². The second-order valence-corrected chi connectivity index (χ2v) is 9.53. The zero-order chi connectivity index (χ0) is 22.8. The number of benzene rings is 1. The lowest BCUT2D eigenvalue weighted by Crippen LogP contribution is -2.33. The van der Waals surface area contributed by atoms with Crippen molar-refractivity contribution in [2.24, 2.45) is 0 Å². The molecule has 3 N–H and O–H groups in total. The summed E-state index contributed by atoms with van der Waals surface area (Å²) in [6.07, 6.45) is 5.56. The van der Waals surface area contributed by atoms with Gasteiger partial charge in [0, 0.05) is 24.8 Å². The normalized spacial score (nSPS) is 18.0. The van der Waals surface area contributed by atoms with Crippen LogP contribution in [0, 0.1) is 5.82 Å². The fraction of sp³-hybridized carbons (Fsp3) is 0.150. The summed E-state index contributed by atoms with van der Waals surface area (Å²) in [7, 11) is -3.70. The molecule has 4 heterocycles. The summed E-state index contributed by atoms with van der Waals surface area (Å²) < 4.78 is 39.4. The molecule has 1 aliphatic heterocycles. The molecule has 0 saturated heterocycles. The zero-order valence-electron chi connectivity index (χ0n) is 16.9. The summed E-state index contributed by atoms with van der Waals surface area (Å²) in [5, 5.41) is 2.47. The number of imidazole rings is 1. The average molecular weight is 453 g/mol. The molecule has 0 bridgehead atoms. The van der Waals surface area contributed by atoms with Crippen LogP contribution in [-0.2, 0) is 20.0 Å². The van der Waals surface area contributed by atoms with E-state index in [0.29, 0.717) is 11.1 Å². The Labute approximate surface area is 181 Å². The van der Waals surface area contributed by atoms with Crippen LogP contribution in [0.5, 0.6) is 0 Å². The molecule has 1 atom stereocenters. The van der Waals surface area contributed by atoms with Gasteiger partial charge in [0.2, 0.25) is 5.91 Å². The van der Waals surface area contributed by atoms with Gasteiger partial charge >= 0.3 is 0 Å². The summed E-state index contributed by atoms with van der Waals surface area (Å²) in [4.78, 5) is 29.9. The minimum absolute atomic E-state index is 0.0172. The molecule has 3 aromatic heterocycles. The van der Waals surface area contributed by atoms with E-state index in [1.165, 1.54) is 41.1 Å². The van der Waals surface area contributed by atoms with E-state index in [-0.39, 0.29) is 33.8 Å². The number of fused-ring (bicyclic) bond motifs is 2. The van der Waals surface area contributed by atoms with Gasteiger partial charge in [0.1, 0.15) is 28.6 Å². The van der Waals surface area contributed by atoms with Crippen LogP contribution in [0.2, 0.25) is 0 Å². The number of nitrogens with one attached hydrogen (secondary N) is 1. The van der Waals surface area contributed by atoms with E-state index >= 15 is 0 Å². The lowest BCUT2D eigenvalue weighted by molar-refractivity contribution is -0.119. The Balaban J connectivity index is 1.70. The van der Waals surface area contributed by atoms with Gasteiger partial charge in [-0.25, -0.2) is 32.7 Å². The Hall–Kier alpha value is -3.93. The minimum Gasteiger partial charge on any atom is -0.383 e. The fourth-order valence-corrected chi connectivity index (χ4v) is 4.59. The standard InChI is InChI=1S/C20H16FN7O3S/c1-20(10-3-5-11(21)6-4-10)13-14(22)25-15(26-16(13)27-19(20)29)12-9-28-8-7-23-17(28)18(24-12)32(2,30)31/h3-9H,1-2H3,(H3,22,25,26,27,29). The van der Waals surface area contributed by atoms with Crippen molar-refractivity contribution in [1.82, 2.24) is 24.3 Å². The Morgan fingerprint density at radius 2 is 1.88 bits per heavy atom. The molecule has 1 unspecified atom stereocenters. The molecule has 1 amide bonds. The van der Waals surface area contributed by atoms with Crippen LogP contribution in [0.3, 0.4) is 0 Å². The molecular formula is C20H16FN7O3S. The monoisotopic (exact) mass is 453 g/mol. The molecule has 0 radical (unpaired) electrons. The van der Waals surface area contributed by atoms with Crippen LogP contribution < -0.4 is 11.1 Å². The molecule has 0 saturated carbocycles. The van der Waals surface area contributed by atoms with Gasteiger partial charge in [-0.2, -0.15) is 0 Å². The second-order valence-electron chi connectivity index (χ2n) is 7.60. The first-order valence-corrected chi connectivity index (χ1v) is 11.3. The number of carbonyl (C=O) groups excluding carboxylic acids is 1. The number of sulfone groups is 1. The molecular weight excluding hydrogens is 437 g/mol. The van der Waals surface area contributed by atoms with Crippen molar-refractivity contribution in [1.29, 1.82) is 0 Å². The van der Waals surface area contributed by atoms with E-state index in [1.54, 1.807) is 13.1 Å². The summed E-state index contributed by atoms with van der Waals surface area (Å²) in [5.74, 6) is -0.600. The van der Waals surface area contributed by atoms with Crippen LogP contribution in [0.4, 0.5) is 16.0 Å². The summed E-state index contributed by atoms with van der Waals surface area (Å²) in [5.41, 5.74) is 6.20. The van der Waals surface area contributed by atoms with Gasteiger partial charge in [-0.05, 0) is 24.6 Å². The van der Waals surface area contributed by atoms with Gasteiger partial charge < -0.3 is 15.5 Å². The lowest BCUT2D eigenvalue weighted by Gasteiger charge is -2.23. The van der Waals surface area contributed by atoms with E-state index in [2.05, 4.69) is 25.3 Å². The van der Waals surface area contributed by atoms with Gasteiger partial charge in [0.25, 0.3) is 0 Å². The SMILES string of the molecule is CC1(c2ccc(F)cc2)C(=O)Nc2nc(-c3cn4ccnc4c(S(C)(=O)=O)n3)nc(N)c21. The minimum atomic E-state index is -3.70. The highest BCUT2D eigenvalue weighted by Crippen LogP contribution is 2.44. The third kappa shape index (κ3) is 2.83. The molecule has 0 aliphatic carbocycles. The predicted molar refractivity (Wildman–Crippen MR) is 113 cm³/mol. The highest BCUT2D eigenvalue weighted by molar-refractivity contribution is 7.90. The summed E-state index contributed by atoms with van der Waals surface area (Å²) in [6.45, 7) is 1.65. The number of nitrogens with zero attached hydrogens (tertiary/aromatic N) is 5. The highest BCUT2D eigenvalue weighted by Gasteiger charge is 2.47. The fourth-order valence-electron chi connectivity index (χ4n) is 3.84. The molecule has 10 nitrogen and oxygen atoms in total. The molecule has 162 valence electrons. The van der Waals surface area contributed by atoms with Crippen molar-refractivity contribution >= 4 is 33.0 Å².